The molecule has 4 rings (SSSR count). The number of phenols is 1. The number of hydrogen-bond donors (Lipinski definition) is 6. The summed E-state index contributed by atoms with van der Waals surface area (Å²) in [5, 5.41) is 14.2. The van der Waals surface area contributed by atoms with Gasteiger partial charge < -0.3 is 26.4 Å². The van der Waals surface area contributed by atoms with Crippen LogP contribution in [0.5, 0.6) is 5.75 Å². The number of amides is 5. The van der Waals surface area contributed by atoms with Crippen molar-refractivity contribution in [3.63, 3.8) is 0 Å². The molecule has 2 fully saturated rings. The van der Waals surface area contributed by atoms with Crippen molar-refractivity contribution >= 4 is 54.8 Å². The number of aromatic hydroxyl groups is 1. The molecule has 0 radical (unpaired) electrons. The Kier molecular flexibility index (Phi) is 10.1. The number of carbonyl (C=O) groups excluding carboxylic acids is 5. The average Bonchev–Trinajstić information content (AvgIpc) is 3.34. The van der Waals surface area contributed by atoms with Crippen LogP contribution in [0, 0.1) is 0 Å². The van der Waals surface area contributed by atoms with Crippen molar-refractivity contribution in [1.29, 1.82) is 0 Å². The molecule has 5 atom stereocenters. The van der Waals surface area contributed by atoms with E-state index in [1.165, 1.54) is 17.0 Å². The summed E-state index contributed by atoms with van der Waals surface area (Å²) in [6.45, 7) is 2.80. The lowest BCUT2D eigenvalue weighted by atomic mass is 9.96. The number of hydrogen-bond acceptors (Lipinski definition) is 9. The van der Waals surface area contributed by atoms with Gasteiger partial charge in [-0.1, -0.05) is 42.5 Å². The zero-order valence-corrected chi connectivity index (χ0v) is 25.8. The molecule has 2 saturated heterocycles. The van der Waals surface area contributed by atoms with Crippen molar-refractivity contribution in [2.45, 2.75) is 67.3 Å². The summed E-state index contributed by atoms with van der Waals surface area (Å²) in [7, 11) is 0. The van der Waals surface area contributed by atoms with Crippen molar-refractivity contribution in [3.05, 3.63) is 65.7 Å². The van der Waals surface area contributed by atoms with E-state index in [-0.39, 0.29) is 25.1 Å². The van der Waals surface area contributed by atoms with Crippen LogP contribution in [-0.2, 0) is 36.8 Å². The molecule has 0 saturated carbocycles. The van der Waals surface area contributed by atoms with E-state index in [4.69, 9.17) is 5.73 Å². The average molecular weight is 628 g/mol. The SMILES string of the molecule is CC(C)(S)[C@@H]1C(=O)NCC(=O)N[C@@H](Cc2ccccc2)C(=O)N2CC[C@@H](S)[C@H]2C(=O)N1C(=O)[C@@H](N)Cc1ccc(O)cc1. The quantitative estimate of drug-likeness (QED) is 0.254. The minimum atomic E-state index is -1.48. The van der Waals surface area contributed by atoms with Crippen LogP contribution < -0.4 is 16.4 Å². The van der Waals surface area contributed by atoms with Gasteiger partial charge in [-0.15, -0.1) is 0 Å². The molecule has 2 aliphatic rings. The smallest absolute Gasteiger partial charge is 0.253 e. The second-order valence-electron chi connectivity index (χ2n) is 11.4. The Hall–Kier alpha value is -3.55. The van der Waals surface area contributed by atoms with Gasteiger partial charge in [0.2, 0.25) is 23.6 Å². The van der Waals surface area contributed by atoms with Gasteiger partial charge in [0.15, 0.2) is 0 Å². The predicted octanol–water partition coefficient (Wildman–Crippen LogP) is 0.451. The fourth-order valence-corrected chi connectivity index (χ4v) is 6.13. The minimum Gasteiger partial charge on any atom is -0.508 e. The first-order valence-electron chi connectivity index (χ1n) is 14.0. The largest absolute Gasteiger partial charge is 0.508 e. The van der Waals surface area contributed by atoms with Crippen molar-refractivity contribution in [1.82, 2.24) is 20.4 Å². The molecule has 5 amide bonds. The molecule has 2 aromatic rings. The first-order chi connectivity index (χ1) is 20.3. The van der Waals surface area contributed by atoms with Gasteiger partial charge in [-0.3, -0.25) is 28.9 Å². The summed E-state index contributed by atoms with van der Waals surface area (Å²) in [5.41, 5.74) is 7.76. The second-order valence-corrected chi connectivity index (χ2v) is 13.3. The molecule has 0 aromatic heterocycles. The van der Waals surface area contributed by atoms with E-state index >= 15 is 0 Å². The molecule has 0 spiro atoms. The van der Waals surface area contributed by atoms with Crippen LogP contribution in [0.4, 0.5) is 0 Å². The number of carbonyl (C=O) groups is 5. The van der Waals surface area contributed by atoms with Crippen LogP contribution in [-0.4, -0.2) is 91.7 Å². The van der Waals surface area contributed by atoms with Crippen molar-refractivity contribution < 1.29 is 29.1 Å². The van der Waals surface area contributed by atoms with Crippen molar-refractivity contribution in [2.24, 2.45) is 5.73 Å². The number of nitrogens with zero attached hydrogens (tertiary/aromatic N) is 2. The molecule has 11 nitrogen and oxygen atoms in total. The number of thiol groups is 2. The highest BCUT2D eigenvalue weighted by atomic mass is 32.1. The summed E-state index contributed by atoms with van der Waals surface area (Å²) >= 11 is 9.19. The van der Waals surface area contributed by atoms with E-state index in [1.54, 1.807) is 26.0 Å². The second kappa shape index (κ2) is 13.4. The van der Waals surface area contributed by atoms with Crippen LogP contribution in [0.25, 0.3) is 0 Å². The van der Waals surface area contributed by atoms with E-state index in [2.05, 4.69) is 35.9 Å². The molecule has 0 unspecified atom stereocenters. The minimum absolute atomic E-state index is 0.00338. The molecule has 13 heteroatoms. The van der Waals surface area contributed by atoms with Gasteiger partial charge in [-0.05, 0) is 49.9 Å². The van der Waals surface area contributed by atoms with Gasteiger partial charge in [0.05, 0.1) is 12.6 Å². The number of nitrogens with two attached hydrogens (primary N) is 1. The van der Waals surface area contributed by atoms with Gasteiger partial charge in [0.1, 0.15) is 23.9 Å². The predicted molar refractivity (Wildman–Crippen MR) is 166 cm³/mol. The maximum absolute atomic E-state index is 14.4. The van der Waals surface area contributed by atoms with Gasteiger partial charge in [-0.2, -0.15) is 25.3 Å². The van der Waals surface area contributed by atoms with E-state index in [0.29, 0.717) is 12.0 Å². The first kappa shape index (κ1) is 32.4. The zero-order valence-electron chi connectivity index (χ0n) is 24.0. The van der Waals surface area contributed by atoms with E-state index < -0.39 is 70.2 Å². The highest BCUT2D eigenvalue weighted by Crippen LogP contribution is 2.31. The molecular weight excluding hydrogens is 590 g/mol. The number of benzene rings is 2. The summed E-state index contributed by atoms with van der Waals surface area (Å²) < 4.78 is -1.27. The topological polar surface area (TPSA) is 162 Å². The van der Waals surface area contributed by atoms with Crippen molar-refractivity contribution in [3.8, 4) is 5.75 Å². The lowest BCUT2D eigenvalue weighted by molar-refractivity contribution is -0.158. The summed E-state index contributed by atoms with van der Waals surface area (Å²) in [4.78, 5) is 71.3. The fraction of sp³-hybridized carbons (Fsp3) is 0.433. The standard InChI is InChI=1S/C30H37N5O6S2/c1-30(2,43)25-26(38)32-16-23(37)33-21(15-17-6-4-3-5-7-17)28(40)34-13-12-22(42)24(34)29(41)35(25)27(39)20(31)14-18-8-10-19(36)11-9-18/h3-11,20-22,24-25,36,42-43H,12-16,31H2,1-2H3,(H,32,38)(H,33,37)/t20-,21-,22+,24-,25-/m0/s1. The molecule has 0 bridgehead atoms. The van der Waals surface area contributed by atoms with Gasteiger partial charge in [0, 0.05) is 23.0 Å². The van der Waals surface area contributed by atoms with E-state index in [1.807, 2.05) is 30.3 Å². The number of phenolic OH excluding ortho intramolecular Hbond substituents is 1. The lowest BCUT2D eigenvalue weighted by Gasteiger charge is -2.41. The number of rotatable bonds is 6. The molecule has 2 aliphatic heterocycles. The molecule has 2 aromatic carbocycles. The van der Waals surface area contributed by atoms with Crippen LogP contribution in [0.15, 0.2) is 54.6 Å². The molecule has 5 N–H and O–H groups in total. The Labute approximate surface area is 261 Å². The van der Waals surface area contributed by atoms with E-state index in [0.717, 1.165) is 10.5 Å². The highest BCUT2D eigenvalue weighted by molar-refractivity contribution is 7.81. The Morgan fingerprint density at radius 1 is 1.05 bits per heavy atom. The summed E-state index contributed by atoms with van der Waals surface area (Å²) in [6.07, 6.45) is 0.504. The molecular formula is C30H37N5O6S2. The monoisotopic (exact) mass is 627 g/mol. The van der Waals surface area contributed by atoms with Crippen LogP contribution in [0.2, 0.25) is 0 Å². The lowest BCUT2D eigenvalue weighted by Crippen LogP contribution is -2.67. The first-order valence-corrected chi connectivity index (χ1v) is 15.0. The number of nitrogens with one attached hydrogen (secondary N) is 2. The van der Waals surface area contributed by atoms with Gasteiger partial charge in [-0.25, -0.2) is 0 Å². The molecule has 230 valence electrons. The normalized spacial score (nSPS) is 24.4. The third-order valence-corrected chi connectivity index (χ3v) is 8.39. The third-order valence-electron chi connectivity index (χ3n) is 7.60. The zero-order chi connectivity index (χ0) is 31.5. The number of imide groups is 1. The summed E-state index contributed by atoms with van der Waals surface area (Å²) in [6, 6.07) is 10.2. The maximum Gasteiger partial charge on any atom is 0.253 e. The van der Waals surface area contributed by atoms with Crippen LogP contribution in [0.3, 0.4) is 0 Å². The Balaban J connectivity index is 1.76. The van der Waals surface area contributed by atoms with Crippen molar-refractivity contribution in [2.75, 3.05) is 13.1 Å². The summed E-state index contributed by atoms with van der Waals surface area (Å²) in [5.74, 6) is -3.49. The highest BCUT2D eigenvalue weighted by Gasteiger charge is 2.51. The fourth-order valence-electron chi connectivity index (χ4n) is 5.49. The molecule has 43 heavy (non-hydrogen) atoms. The van der Waals surface area contributed by atoms with Gasteiger partial charge in [0.25, 0.3) is 5.91 Å². The van der Waals surface area contributed by atoms with Crippen LogP contribution >= 0.6 is 25.3 Å². The molecule has 0 aliphatic carbocycles. The Bertz CT molecular complexity index is 1370. The van der Waals surface area contributed by atoms with Crippen LogP contribution in [0.1, 0.15) is 31.4 Å². The third kappa shape index (κ3) is 7.51. The maximum atomic E-state index is 14.4. The molecule has 2 heterocycles. The van der Waals surface area contributed by atoms with E-state index in [9.17, 15) is 29.1 Å². The Morgan fingerprint density at radius 3 is 2.33 bits per heavy atom. The Morgan fingerprint density at radius 2 is 1.70 bits per heavy atom. The number of fused-ring (bicyclic) bond motifs is 1. The van der Waals surface area contributed by atoms with Gasteiger partial charge >= 0.3 is 0 Å².